The Hall–Kier alpha value is -2.00. The minimum Gasteiger partial charge on any atom is -0.444 e. The number of hydrogen-bond acceptors (Lipinski definition) is 5. The molecule has 0 radical (unpaired) electrons. The smallest absolute Gasteiger partial charge is 0.432 e. The van der Waals surface area contributed by atoms with Crippen LogP contribution in [0.5, 0.6) is 0 Å². The van der Waals surface area contributed by atoms with Crippen LogP contribution in [0.25, 0.3) is 0 Å². The molecule has 1 aliphatic heterocycles. The van der Waals surface area contributed by atoms with E-state index in [1.54, 1.807) is 20.8 Å². The number of alkyl halides is 3. The van der Waals surface area contributed by atoms with E-state index < -0.39 is 42.0 Å². The summed E-state index contributed by atoms with van der Waals surface area (Å²) in [6.07, 6.45) is -6.43. The topological polar surface area (TPSA) is 89.0 Å². The van der Waals surface area contributed by atoms with Gasteiger partial charge in [-0.3, -0.25) is 4.79 Å². The van der Waals surface area contributed by atoms with Crippen LogP contribution in [0.4, 0.5) is 18.0 Å². The molecule has 0 aliphatic carbocycles. The Morgan fingerprint density at radius 2 is 1.96 bits per heavy atom. The molecule has 0 saturated heterocycles. The second-order valence-electron chi connectivity index (χ2n) is 5.95. The number of rotatable bonds is 5. The highest BCUT2D eigenvalue weighted by Gasteiger charge is 2.41. The van der Waals surface area contributed by atoms with Gasteiger partial charge >= 0.3 is 12.3 Å². The molecule has 23 heavy (non-hydrogen) atoms. The third kappa shape index (κ3) is 7.71. The number of alkyl carbamates (subject to hydrolysis) is 1. The van der Waals surface area contributed by atoms with Crippen molar-refractivity contribution >= 4 is 17.7 Å². The van der Waals surface area contributed by atoms with Crippen molar-refractivity contribution in [2.24, 2.45) is 5.16 Å². The molecule has 1 unspecified atom stereocenters. The Balaban J connectivity index is 2.16. The van der Waals surface area contributed by atoms with Crippen molar-refractivity contribution in [1.29, 1.82) is 0 Å². The zero-order valence-electron chi connectivity index (χ0n) is 13.1. The van der Waals surface area contributed by atoms with Gasteiger partial charge in [0.25, 0.3) is 0 Å². The predicted octanol–water partition coefficient (Wildman–Crippen LogP) is 1.72. The molecule has 0 spiro atoms. The predicted molar refractivity (Wildman–Crippen MR) is 74.8 cm³/mol. The lowest BCUT2D eigenvalue weighted by Gasteiger charge is -2.19. The van der Waals surface area contributed by atoms with Crippen molar-refractivity contribution in [1.82, 2.24) is 10.6 Å². The summed E-state index contributed by atoms with van der Waals surface area (Å²) in [5, 5.41) is 7.77. The summed E-state index contributed by atoms with van der Waals surface area (Å²) in [7, 11) is 0. The lowest BCUT2D eigenvalue weighted by molar-refractivity contribution is -0.121. The standard InChI is InChI=1S/C13H20F3N3O4/c1-12(2,3)22-11(21)17-5-4-10(20)18-7-8-6-9(19-23-8)13(14,15)16/h8H,4-7H2,1-3H3,(H,17,21)(H,18,20). The first kappa shape index (κ1) is 19.0. The van der Waals surface area contributed by atoms with Crippen molar-refractivity contribution in [3.05, 3.63) is 0 Å². The number of carbonyl (C=O) groups excluding carboxylic acids is 2. The van der Waals surface area contributed by atoms with Gasteiger partial charge in [0.15, 0.2) is 5.71 Å². The third-order valence-corrected chi connectivity index (χ3v) is 2.61. The van der Waals surface area contributed by atoms with Crippen LogP contribution in [0.2, 0.25) is 0 Å². The van der Waals surface area contributed by atoms with E-state index in [9.17, 15) is 22.8 Å². The summed E-state index contributed by atoms with van der Waals surface area (Å²) >= 11 is 0. The average molecular weight is 339 g/mol. The van der Waals surface area contributed by atoms with Gasteiger partial charge in [0.05, 0.1) is 6.54 Å². The Morgan fingerprint density at radius 3 is 2.48 bits per heavy atom. The number of halogens is 3. The van der Waals surface area contributed by atoms with Gasteiger partial charge in [-0.25, -0.2) is 4.79 Å². The van der Waals surface area contributed by atoms with Crippen LogP contribution in [0.15, 0.2) is 5.16 Å². The quantitative estimate of drug-likeness (QED) is 0.798. The van der Waals surface area contributed by atoms with E-state index >= 15 is 0 Å². The number of nitrogens with zero attached hydrogens (tertiary/aromatic N) is 1. The maximum Gasteiger partial charge on any atom is 0.432 e. The number of hydrogen-bond donors (Lipinski definition) is 2. The number of ether oxygens (including phenoxy) is 1. The molecule has 0 bridgehead atoms. The Kier molecular flexibility index (Phi) is 6.22. The van der Waals surface area contributed by atoms with E-state index in [2.05, 4.69) is 20.6 Å². The first-order valence-electron chi connectivity index (χ1n) is 7.01. The third-order valence-electron chi connectivity index (χ3n) is 2.61. The molecular formula is C13H20F3N3O4. The van der Waals surface area contributed by atoms with Gasteiger partial charge in [0, 0.05) is 19.4 Å². The normalized spacial score (nSPS) is 18.0. The van der Waals surface area contributed by atoms with Gasteiger partial charge in [0.1, 0.15) is 11.7 Å². The summed E-state index contributed by atoms with van der Waals surface area (Å²) in [4.78, 5) is 27.5. The van der Waals surface area contributed by atoms with E-state index in [1.165, 1.54) is 0 Å². The Labute approximate surface area is 131 Å². The first-order valence-corrected chi connectivity index (χ1v) is 7.01. The van der Waals surface area contributed by atoms with Crippen molar-refractivity contribution in [2.75, 3.05) is 13.1 Å². The maximum absolute atomic E-state index is 12.3. The monoisotopic (exact) mass is 339 g/mol. The summed E-state index contributed by atoms with van der Waals surface area (Å²) < 4.78 is 42.0. The molecule has 0 aromatic heterocycles. The summed E-state index contributed by atoms with van der Waals surface area (Å²) in [6, 6.07) is 0. The van der Waals surface area contributed by atoms with Gasteiger partial charge in [-0.2, -0.15) is 13.2 Å². The van der Waals surface area contributed by atoms with Crippen molar-refractivity contribution < 1.29 is 32.3 Å². The summed E-state index contributed by atoms with van der Waals surface area (Å²) in [6.45, 7) is 5.08. The van der Waals surface area contributed by atoms with E-state index in [4.69, 9.17) is 4.74 Å². The van der Waals surface area contributed by atoms with Crippen LogP contribution in [0, 0.1) is 0 Å². The number of amides is 2. The highest BCUT2D eigenvalue weighted by Crippen LogP contribution is 2.25. The maximum atomic E-state index is 12.3. The number of carbonyl (C=O) groups is 2. The molecule has 0 aromatic rings. The van der Waals surface area contributed by atoms with Crippen LogP contribution in [0.1, 0.15) is 33.6 Å². The second kappa shape index (κ2) is 7.51. The fourth-order valence-electron chi connectivity index (χ4n) is 1.61. The average Bonchev–Trinajstić information content (AvgIpc) is 2.82. The molecule has 1 aliphatic rings. The Morgan fingerprint density at radius 1 is 1.30 bits per heavy atom. The van der Waals surface area contributed by atoms with Gasteiger partial charge in [-0.05, 0) is 20.8 Å². The molecule has 0 aromatic carbocycles. The molecule has 10 heteroatoms. The highest BCUT2D eigenvalue weighted by atomic mass is 19.4. The van der Waals surface area contributed by atoms with Crippen molar-refractivity contribution in [3.8, 4) is 0 Å². The molecule has 1 rings (SSSR count). The van der Waals surface area contributed by atoms with Gasteiger partial charge < -0.3 is 20.2 Å². The highest BCUT2D eigenvalue weighted by molar-refractivity contribution is 5.90. The summed E-state index contributed by atoms with van der Waals surface area (Å²) in [5.41, 5.74) is -1.63. The molecule has 132 valence electrons. The lowest BCUT2D eigenvalue weighted by atomic mass is 10.2. The largest absolute Gasteiger partial charge is 0.444 e. The molecule has 1 heterocycles. The van der Waals surface area contributed by atoms with E-state index in [-0.39, 0.29) is 19.5 Å². The molecule has 0 saturated carbocycles. The first-order chi connectivity index (χ1) is 10.5. The van der Waals surface area contributed by atoms with Crippen LogP contribution in [-0.2, 0) is 14.4 Å². The fourth-order valence-corrected chi connectivity index (χ4v) is 1.61. The summed E-state index contributed by atoms with van der Waals surface area (Å²) in [5.74, 6) is -0.426. The second-order valence-corrected chi connectivity index (χ2v) is 5.95. The number of oxime groups is 1. The van der Waals surface area contributed by atoms with E-state index in [1.807, 2.05) is 0 Å². The zero-order chi connectivity index (χ0) is 17.7. The lowest BCUT2D eigenvalue weighted by Crippen LogP contribution is -2.37. The van der Waals surface area contributed by atoms with Crippen molar-refractivity contribution in [3.63, 3.8) is 0 Å². The SMILES string of the molecule is CC(C)(C)OC(=O)NCCC(=O)NCC1CC(C(F)(F)F)=NO1. The van der Waals surface area contributed by atoms with E-state index in [0.29, 0.717) is 0 Å². The molecule has 0 fully saturated rings. The van der Waals surface area contributed by atoms with Gasteiger partial charge in [0.2, 0.25) is 5.91 Å². The molecular weight excluding hydrogens is 319 g/mol. The van der Waals surface area contributed by atoms with Gasteiger partial charge in [-0.15, -0.1) is 0 Å². The number of nitrogens with one attached hydrogen (secondary N) is 2. The minimum atomic E-state index is -4.52. The van der Waals surface area contributed by atoms with Gasteiger partial charge in [-0.1, -0.05) is 5.16 Å². The van der Waals surface area contributed by atoms with E-state index in [0.717, 1.165) is 0 Å². The molecule has 2 N–H and O–H groups in total. The molecule has 7 nitrogen and oxygen atoms in total. The zero-order valence-corrected chi connectivity index (χ0v) is 13.1. The fraction of sp³-hybridized carbons (Fsp3) is 0.769. The molecule has 2 amide bonds. The van der Waals surface area contributed by atoms with Crippen LogP contribution in [-0.4, -0.2) is 48.7 Å². The van der Waals surface area contributed by atoms with Crippen LogP contribution < -0.4 is 10.6 Å². The molecule has 1 atom stereocenters. The minimum absolute atomic E-state index is 0.0288. The van der Waals surface area contributed by atoms with Crippen LogP contribution >= 0.6 is 0 Å². The Bertz CT molecular complexity index is 472. The van der Waals surface area contributed by atoms with Crippen molar-refractivity contribution in [2.45, 2.75) is 51.5 Å². The van der Waals surface area contributed by atoms with Crippen LogP contribution in [0.3, 0.4) is 0 Å².